The van der Waals surface area contributed by atoms with Crippen molar-refractivity contribution in [2.24, 2.45) is 0 Å². The van der Waals surface area contributed by atoms with Crippen LogP contribution in [-0.2, 0) is 9.47 Å². The van der Waals surface area contributed by atoms with Gasteiger partial charge >= 0.3 is 18.0 Å². The van der Waals surface area contributed by atoms with E-state index in [2.05, 4.69) is 10.6 Å². The van der Waals surface area contributed by atoms with Crippen molar-refractivity contribution in [3.63, 3.8) is 0 Å². The van der Waals surface area contributed by atoms with Gasteiger partial charge in [0.05, 0.1) is 24.3 Å². The van der Waals surface area contributed by atoms with Crippen molar-refractivity contribution < 1.29 is 23.9 Å². The molecule has 0 saturated heterocycles. The second-order valence-corrected chi connectivity index (χ2v) is 5.17. The van der Waals surface area contributed by atoms with Gasteiger partial charge in [-0.1, -0.05) is 0 Å². The molecule has 136 valence electrons. The molecule has 0 bridgehead atoms. The minimum Gasteiger partial charge on any atom is -0.462 e. The summed E-state index contributed by atoms with van der Waals surface area (Å²) in [6.45, 7) is 4.07. The van der Waals surface area contributed by atoms with Gasteiger partial charge in [0.2, 0.25) is 0 Å². The first-order valence-corrected chi connectivity index (χ1v) is 8.15. The van der Waals surface area contributed by atoms with Crippen molar-refractivity contribution in [2.75, 3.05) is 23.8 Å². The highest BCUT2D eigenvalue weighted by molar-refractivity contribution is 6.00. The zero-order valence-corrected chi connectivity index (χ0v) is 14.6. The lowest BCUT2D eigenvalue weighted by atomic mass is 10.2. The Kier molecular flexibility index (Phi) is 6.73. The molecule has 0 spiro atoms. The van der Waals surface area contributed by atoms with E-state index in [9.17, 15) is 14.4 Å². The Morgan fingerprint density at radius 3 is 1.35 bits per heavy atom. The predicted octanol–water partition coefficient (Wildman–Crippen LogP) is 3.68. The molecule has 0 atom stereocenters. The third-order valence-electron chi connectivity index (χ3n) is 3.31. The van der Waals surface area contributed by atoms with Crippen LogP contribution in [0.25, 0.3) is 0 Å². The zero-order chi connectivity index (χ0) is 18.9. The van der Waals surface area contributed by atoms with Crippen LogP contribution in [0.1, 0.15) is 34.6 Å². The molecule has 7 heteroatoms. The molecule has 0 aliphatic rings. The number of rotatable bonds is 6. The molecule has 0 saturated carbocycles. The highest BCUT2D eigenvalue weighted by Gasteiger charge is 2.09. The summed E-state index contributed by atoms with van der Waals surface area (Å²) >= 11 is 0. The number of urea groups is 1. The fourth-order valence-corrected chi connectivity index (χ4v) is 2.10. The summed E-state index contributed by atoms with van der Waals surface area (Å²) in [5.74, 6) is -0.824. The van der Waals surface area contributed by atoms with Crippen molar-refractivity contribution in [3.05, 3.63) is 59.7 Å². The Hall–Kier alpha value is -3.35. The highest BCUT2D eigenvalue weighted by atomic mass is 16.5. The largest absolute Gasteiger partial charge is 0.462 e. The quantitative estimate of drug-likeness (QED) is 0.770. The fourth-order valence-electron chi connectivity index (χ4n) is 2.10. The van der Waals surface area contributed by atoms with Gasteiger partial charge in [-0.25, -0.2) is 14.4 Å². The van der Waals surface area contributed by atoms with Crippen molar-refractivity contribution in [2.45, 2.75) is 13.8 Å². The number of nitrogens with one attached hydrogen (secondary N) is 2. The Balaban J connectivity index is 1.92. The molecular formula is C19H20N2O5. The van der Waals surface area contributed by atoms with E-state index in [1.165, 1.54) is 0 Å². The Bertz CT molecular complexity index is 704. The molecule has 0 radical (unpaired) electrons. The second-order valence-electron chi connectivity index (χ2n) is 5.17. The van der Waals surface area contributed by atoms with Gasteiger partial charge in [0.15, 0.2) is 0 Å². The van der Waals surface area contributed by atoms with E-state index in [-0.39, 0.29) is 0 Å². The Morgan fingerprint density at radius 2 is 1.04 bits per heavy atom. The monoisotopic (exact) mass is 356 g/mol. The van der Waals surface area contributed by atoms with Crippen LogP contribution >= 0.6 is 0 Å². The van der Waals surface area contributed by atoms with Crippen molar-refractivity contribution in [1.82, 2.24) is 0 Å². The van der Waals surface area contributed by atoms with Crippen LogP contribution in [0.2, 0.25) is 0 Å². The first-order valence-electron chi connectivity index (χ1n) is 8.15. The number of hydrogen-bond donors (Lipinski definition) is 2. The Morgan fingerprint density at radius 1 is 0.692 bits per heavy atom. The van der Waals surface area contributed by atoms with Gasteiger partial charge in [-0.2, -0.15) is 0 Å². The van der Waals surface area contributed by atoms with Gasteiger partial charge in [0.25, 0.3) is 0 Å². The maximum atomic E-state index is 12.0. The fraction of sp³-hybridized carbons (Fsp3) is 0.211. The molecule has 2 rings (SSSR count). The first kappa shape index (κ1) is 19.0. The van der Waals surface area contributed by atoms with Crippen LogP contribution in [-0.4, -0.2) is 31.2 Å². The highest BCUT2D eigenvalue weighted by Crippen LogP contribution is 2.13. The number of amides is 2. The van der Waals surface area contributed by atoms with Crippen LogP contribution in [0, 0.1) is 0 Å². The van der Waals surface area contributed by atoms with E-state index in [1.54, 1.807) is 62.4 Å². The van der Waals surface area contributed by atoms with E-state index in [4.69, 9.17) is 9.47 Å². The average molecular weight is 356 g/mol. The lowest BCUT2D eigenvalue weighted by Gasteiger charge is -2.09. The molecule has 2 aromatic carbocycles. The van der Waals surface area contributed by atoms with Crippen LogP contribution in [0.15, 0.2) is 48.5 Å². The minimum atomic E-state index is -0.447. The third-order valence-corrected chi connectivity index (χ3v) is 3.31. The summed E-state index contributed by atoms with van der Waals surface area (Å²) in [6.07, 6.45) is 0. The SMILES string of the molecule is CCOC(=O)c1ccc(NC(=O)Nc2ccc(C(=O)OCC)cc2)cc1. The topological polar surface area (TPSA) is 93.7 Å². The van der Waals surface area contributed by atoms with E-state index >= 15 is 0 Å². The van der Waals surface area contributed by atoms with Crippen LogP contribution in [0.5, 0.6) is 0 Å². The van der Waals surface area contributed by atoms with Crippen LogP contribution < -0.4 is 10.6 Å². The summed E-state index contributed by atoms with van der Waals surface area (Å²) in [5.41, 5.74) is 1.87. The van der Waals surface area contributed by atoms with Crippen LogP contribution in [0.3, 0.4) is 0 Å². The lowest BCUT2D eigenvalue weighted by molar-refractivity contribution is 0.0517. The number of carbonyl (C=O) groups excluding carboxylic acids is 3. The van der Waals surface area contributed by atoms with E-state index in [0.29, 0.717) is 35.7 Å². The van der Waals surface area contributed by atoms with Gasteiger partial charge in [0.1, 0.15) is 0 Å². The van der Waals surface area contributed by atoms with E-state index in [1.807, 2.05) is 0 Å². The average Bonchev–Trinajstić information content (AvgIpc) is 2.63. The minimum absolute atomic E-state index is 0.302. The molecule has 26 heavy (non-hydrogen) atoms. The number of esters is 2. The molecule has 0 aliphatic carbocycles. The van der Waals surface area contributed by atoms with Crippen molar-refractivity contribution in [3.8, 4) is 0 Å². The second kappa shape index (κ2) is 9.22. The number of benzene rings is 2. The smallest absolute Gasteiger partial charge is 0.338 e. The van der Waals surface area contributed by atoms with Gasteiger partial charge < -0.3 is 20.1 Å². The van der Waals surface area contributed by atoms with E-state index < -0.39 is 18.0 Å². The van der Waals surface area contributed by atoms with Crippen molar-refractivity contribution >= 4 is 29.3 Å². The number of carbonyl (C=O) groups is 3. The summed E-state index contributed by atoms with van der Waals surface area (Å²) in [5, 5.41) is 5.30. The van der Waals surface area contributed by atoms with Crippen LogP contribution in [0.4, 0.5) is 16.2 Å². The maximum Gasteiger partial charge on any atom is 0.338 e. The summed E-state index contributed by atoms with van der Waals surface area (Å²) < 4.78 is 9.80. The number of ether oxygens (including phenoxy) is 2. The summed E-state index contributed by atoms with van der Waals surface area (Å²) in [6, 6.07) is 12.3. The standard InChI is InChI=1S/C19H20N2O5/c1-3-25-17(22)13-5-9-15(10-6-13)20-19(24)21-16-11-7-14(8-12-16)18(23)26-4-2/h5-12H,3-4H2,1-2H3,(H2,20,21,24). The molecule has 0 unspecified atom stereocenters. The normalized spacial score (nSPS) is 9.92. The molecule has 2 N–H and O–H groups in total. The molecule has 7 nitrogen and oxygen atoms in total. The first-order chi connectivity index (χ1) is 12.5. The molecule has 0 aliphatic heterocycles. The predicted molar refractivity (Wildman–Crippen MR) is 97.4 cm³/mol. The third kappa shape index (κ3) is 5.34. The van der Waals surface area contributed by atoms with Gasteiger partial charge in [-0.15, -0.1) is 0 Å². The summed E-state index contributed by atoms with van der Waals surface area (Å²) in [7, 11) is 0. The molecule has 2 aromatic rings. The molecule has 0 aromatic heterocycles. The molecule has 0 heterocycles. The van der Waals surface area contributed by atoms with Gasteiger partial charge in [0, 0.05) is 11.4 Å². The van der Waals surface area contributed by atoms with Gasteiger partial charge in [-0.3, -0.25) is 0 Å². The van der Waals surface area contributed by atoms with Crippen molar-refractivity contribution in [1.29, 1.82) is 0 Å². The zero-order valence-electron chi connectivity index (χ0n) is 14.6. The Labute approximate surface area is 151 Å². The number of anilines is 2. The van der Waals surface area contributed by atoms with E-state index in [0.717, 1.165) is 0 Å². The molecular weight excluding hydrogens is 336 g/mol. The maximum absolute atomic E-state index is 12.0. The number of hydrogen-bond acceptors (Lipinski definition) is 5. The van der Waals surface area contributed by atoms with Gasteiger partial charge in [-0.05, 0) is 62.4 Å². The summed E-state index contributed by atoms with van der Waals surface area (Å²) in [4.78, 5) is 35.2. The molecule has 0 fully saturated rings. The molecule has 2 amide bonds. The lowest BCUT2D eigenvalue weighted by Crippen LogP contribution is -2.19.